The van der Waals surface area contributed by atoms with Gasteiger partial charge in [-0.15, -0.1) is 0 Å². The van der Waals surface area contributed by atoms with Crippen molar-refractivity contribution < 1.29 is 9.18 Å². The number of nitrogens with one attached hydrogen (secondary N) is 1. The van der Waals surface area contributed by atoms with Crippen LogP contribution < -0.4 is 0 Å². The van der Waals surface area contributed by atoms with Crippen LogP contribution in [0.15, 0.2) is 36.5 Å². The Bertz CT molecular complexity index is 580. The molecule has 4 nitrogen and oxygen atoms in total. The molecule has 20 heavy (non-hydrogen) atoms. The highest BCUT2D eigenvalue weighted by Crippen LogP contribution is 2.30. The van der Waals surface area contributed by atoms with E-state index in [1.54, 1.807) is 6.20 Å². The number of carbonyl (C=O) groups is 1. The first-order valence-corrected chi connectivity index (χ1v) is 6.81. The molecule has 1 aliphatic heterocycles. The van der Waals surface area contributed by atoms with Crippen LogP contribution >= 0.6 is 0 Å². The average molecular weight is 273 g/mol. The summed E-state index contributed by atoms with van der Waals surface area (Å²) in [5.74, 6) is -0.380. The third-order valence-electron chi connectivity index (χ3n) is 3.74. The largest absolute Gasteiger partial charge is 0.330 e. The number of H-pyrrole nitrogens is 1. The SMILES string of the molecule is O=C(c1ccc(F)cc1)N1CCCC[C@@H]1c1ccn[nH]1. The number of carbonyl (C=O) groups excluding carboxylic acids is 1. The van der Waals surface area contributed by atoms with Gasteiger partial charge in [0.05, 0.1) is 11.7 Å². The minimum Gasteiger partial charge on any atom is -0.330 e. The molecule has 1 aromatic heterocycles. The Morgan fingerprint density at radius 3 is 2.75 bits per heavy atom. The molecule has 2 heterocycles. The van der Waals surface area contributed by atoms with E-state index in [0.717, 1.165) is 31.5 Å². The summed E-state index contributed by atoms with van der Waals surface area (Å²) in [6.45, 7) is 0.722. The van der Waals surface area contributed by atoms with Crippen LogP contribution in [-0.4, -0.2) is 27.5 Å². The van der Waals surface area contributed by atoms with Crippen molar-refractivity contribution >= 4 is 5.91 Å². The lowest BCUT2D eigenvalue weighted by Gasteiger charge is -2.35. The second-order valence-corrected chi connectivity index (χ2v) is 5.03. The van der Waals surface area contributed by atoms with Crippen LogP contribution in [0, 0.1) is 5.82 Å². The Morgan fingerprint density at radius 1 is 1.25 bits per heavy atom. The minimum atomic E-state index is -0.328. The molecule has 0 bridgehead atoms. The summed E-state index contributed by atoms with van der Waals surface area (Å²) in [6.07, 6.45) is 4.72. The standard InChI is InChI=1S/C15H16FN3O/c16-12-6-4-11(5-7-12)15(20)19-10-2-1-3-14(19)13-8-9-17-18-13/h4-9,14H,1-3,10H2,(H,17,18)/t14-/m1/s1. The lowest BCUT2D eigenvalue weighted by atomic mass is 9.98. The zero-order valence-corrected chi connectivity index (χ0v) is 11.1. The number of hydrogen-bond donors (Lipinski definition) is 1. The predicted octanol–water partition coefficient (Wildman–Crippen LogP) is 2.92. The number of aromatic amines is 1. The number of amides is 1. The molecule has 3 rings (SSSR count). The highest BCUT2D eigenvalue weighted by Gasteiger charge is 2.29. The van der Waals surface area contributed by atoms with Crippen molar-refractivity contribution in [2.45, 2.75) is 25.3 Å². The van der Waals surface area contributed by atoms with Crippen LogP contribution in [0.25, 0.3) is 0 Å². The molecule has 5 heteroatoms. The van der Waals surface area contributed by atoms with Gasteiger partial charge in [-0.1, -0.05) is 0 Å². The van der Waals surface area contributed by atoms with E-state index in [4.69, 9.17) is 0 Å². The summed E-state index contributed by atoms with van der Waals surface area (Å²) >= 11 is 0. The van der Waals surface area contributed by atoms with E-state index in [0.29, 0.717) is 5.56 Å². The van der Waals surface area contributed by atoms with E-state index in [1.165, 1.54) is 24.3 Å². The van der Waals surface area contributed by atoms with Crippen LogP contribution in [0.4, 0.5) is 4.39 Å². The van der Waals surface area contributed by atoms with E-state index >= 15 is 0 Å². The van der Waals surface area contributed by atoms with E-state index in [2.05, 4.69) is 10.2 Å². The highest BCUT2D eigenvalue weighted by atomic mass is 19.1. The summed E-state index contributed by atoms with van der Waals surface area (Å²) in [7, 11) is 0. The number of likely N-dealkylation sites (tertiary alicyclic amines) is 1. The maximum absolute atomic E-state index is 13.0. The van der Waals surface area contributed by atoms with Gasteiger partial charge in [0.15, 0.2) is 0 Å². The topological polar surface area (TPSA) is 49.0 Å². The van der Waals surface area contributed by atoms with Gasteiger partial charge in [-0.25, -0.2) is 4.39 Å². The molecule has 1 N–H and O–H groups in total. The Morgan fingerprint density at radius 2 is 2.05 bits per heavy atom. The number of hydrogen-bond acceptors (Lipinski definition) is 2. The number of nitrogens with zero attached hydrogens (tertiary/aromatic N) is 2. The lowest BCUT2D eigenvalue weighted by Crippen LogP contribution is -2.38. The Balaban J connectivity index is 1.86. The number of halogens is 1. The van der Waals surface area contributed by atoms with Crippen LogP contribution in [0.5, 0.6) is 0 Å². The quantitative estimate of drug-likeness (QED) is 0.914. The molecule has 1 saturated heterocycles. The van der Waals surface area contributed by atoms with Gasteiger partial charge in [0, 0.05) is 18.3 Å². The van der Waals surface area contributed by atoms with Crippen molar-refractivity contribution in [3.8, 4) is 0 Å². The van der Waals surface area contributed by atoms with Gasteiger partial charge in [0.1, 0.15) is 5.82 Å². The van der Waals surface area contributed by atoms with E-state index in [-0.39, 0.29) is 17.8 Å². The molecule has 0 aliphatic carbocycles. The molecule has 0 radical (unpaired) electrons. The van der Waals surface area contributed by atoms with Crippen molar-refractivity contribution in [1.29, 1.82) is 0 Å². The van der Waals surface area contributed by atoms with Gasteiger partial charge in [-0.05, 0) is 49.6 Å². The molecule has 104 valence electrons. The number of piperidine rings is 1. The smallest absolute Gasteiger partial charge is 0.254 e. The first-order valence-electron chi connectivity index (χ1n) is 6.81. The van der Waals surface area contributed by atoms with Crippen molar-refractivity contribution in [3.63, 3.8) is 0 Å². The van der Waals surface area contributed by atoms with Gasteiger partial charge in [0.2, 0.25) is 0 Å². The fraction of sp³-hybridized carbons (Fsp3) is 0.333. The second-order valence-electron chi connectivity index (χ2n) is 5.03. The average Bonchev–Trinajstić information content (AvgIpc) is 3.01. The summed E-state index contributed by atoms with van der Waals surface area (Å²) in [5, 5.41) is 6.91. The maximum atomic E-state index is 13.0. The predicted molar refractivity (Wildman–Crippen MR) is 72.6 cm³/mol. The van der Waals surface area contributed by atoms with Crippen LogP contribution in [0.1, 0.15) is 41.4 Å². The Kier molecular flexibility index (Phi) is 3.50. The first kappa shape index (κ1) is 12.8. The third kappa shape index (κ3) is 2.43. The van der Waals surface area contributed by atoms with Gasteiger partial charge in [-0.2, -0.15) is 5.10 Å². The monoisotopic (exact) mass is 273 g/mol. The molecule has 1 fully saturated rings. The normalized spacial score (nSPS) is 19.1. The summed E-state index contributed by atoms with van der Waals surface area (Å²) in [5.41, 5.74) is 1.48. The number of aromatic nitrogens is 2. The van der Waals surface area contributed by atoms with Crippen molar-refractivity contribution in [2.24, 2.45) is 0 Å². The molecule has 0 unspecified atom stereocenters. The van der Waals surface area contributed by atoms with Gasteiger partial charge in [0.25, 0.3) is 5.91 Å². The van der Waals surface area contributed by atoms with Gasteiger partial charge >= 0.3 is 0 Å². The van der Waals surface area contributed by atoms with Crippen LogP contribution in [-0.2, 0) is 0 Å². The minimum absolute atomic E-state index is 0.0313. The molecule has 0 spiro atoms. The van der Waals surface area contributed by atoms with Crippen LogP contribution in [0.2, 0.25) is 0 Å². The number of rotatable bonds is 2. The third-order valence-corrected chi connectivity index (χ3v) is 3.74. The van der Waals surface area contributed by atoms with Crippen molar-refractivity contribution in [3.05, 3.63) is 53.6 Å². The Labute approximate surface area is 116 Å². The fourth-order valence-corrected chi connectivity index (χ4v) is 2.71. The number of benzene rings is 1. The molecule has 1 atom stereocenters. The lowest BCUT2D eigenvalue weighted by molar-refractivity contribution is 0.0606. The highest BCUT2D eigenvalue weighted by molar-refractivity contribution is 5.94. The maximum Gasteiger partial charge on any atom is 0.254 e. The van der Waals surface area contributed by atoms with Crippen LogP contribution in [0.3, 0.4) is 0 Å². The molecular weight excluding hydrogens is 257 g/mol. The molecule has 1 amide bonds. The van der Waals surface area contributed by atoms with Crippen molar-refractivity contribution in [1.82, 2.24) is 15.1 Å². The molecule has 0 saturated carbocycles. The summed E-state index contributed by atoms with van der Waals surface area (Å²) in [6, 6.07) is 7.65. The van der Waals surface area contributed by atoms with E-state index in [1.807, 2.05) is 11.0 Å². The summed E-state index contributed by atoms with van der Waals surface area (Å²) < 4.78 is 13.0. The van der Waals surface area contributed by atoms with E-state index in [9.17, 15) is 9.18 Å². The molecular formula is C15H16FN3O. The van der Waals surface area contributed by atoms with Gasteiger partial charge < -0.3 is 4.90 Å². The van der Waals surface area contributed by atoms with Gasteiger partial charge in [-0.3, -0.25) is 9.89 Å². The van der Waals surface area contributed by atoms with Crippen molar-refractivity contribution in [2.75, 3.05) is 6.54 Å². The first-order chi connectivity index (χ1) is 9.75. The second kappa shape index (κ2) is 5.45. The molecule has 1 aromatic carbocycles. The van der Waals surface area contributed by atoms with E-state index < -0.39 is 0 Å². The Hall–Kier alpha value is -2.17. The summed E-state index contributed by atoms with van der Waals surface area (Å²) in [4.78, 5) is 14.4. The molecule has 1 aliphatic rings. The zero-order valence-electron chi connectivity index (χ0n) is 11.1. The molecule has 2 aromatic rings. The zero-order chi connectivity index (χ0) is 13.9. The fourth-order valence-electron chi connectivity index (χ4n) is 2.71.